The highest BCUT2D eigenvalue weighted by Gasteiger charge is 2.42. The van der Waals surface area contributed by atoms with Crippen molar-refractivity contribution >= 4 is 5.91 Å². The second-order valence-electron chi connectivity index (χ2n) is 5.75. The van der Waals surface area contributed by atoms with E-state index in [1.54, 1.807) is 0 Å². The van der Waals surface area contributed by atoms with E-state index in [0.29, 0.717) is 0 Å². The summed E-state index contributed by atoms with van der Waals surface area (Å²) in [6, 6.07) is 4.26. The first-order chi connectivity index (χ1) is 13.8. The summed E-state index contributed by atoms with van der Waals surface area (Å²) in [6.45, 7) is -0.497. The molecule has 0 aliphatic heterocycles. The molecule has 3 aromatic rings. The Balaban J connectivity index is 1.70. The van der Waals surface area contributed by atoms with Crippen LogP contribution in [0.5, 0.6) is 5.75 Å². The third-order valence-electron chi connectivity index (χ3n) is 3.69. The van der Waals surface area contributed by atoms with Gasteiger partial charge in [-0.05, 0) is 18.2 Å². The predicted molar refractivity (Wildman–Crippen MR) is 87.7 cm³/mol. The molecule has 1 atom stereocenters. The molecule has 0 aliphatic rings. The average molecular weight is 413 g/mol. The van der Waals surface area contributed by atoms with Crippen molar-refractivity contribution in [3.63, 3.8) is 0 Å². The van der Waals surface area contributed by atoms with E-state index in [4.69, 9.17) is 9.26 Å². The summed E-state index contributed by atoms with van der Waals surface area (Å²) in [5.74, 6) is -3.85. The molecular formula is C18H12F5N3O3. The molecule has 29 heavy (non-hydrogen) atoms. The normalized spacial score (nSPS) is 12.4. The predicted octanol–water partition coefficient (Wildman–Crippen LogP) is 3.96. The minimum absolute atomic E-state index is 0.122. The topological polar surface area (TPSA) is 77.2 Å². The van der Waals surface area contributed by atoms with E-state index in [1.165, 1.54) is 12.3 Å². The van der Waals surface area contributed by atoms with Gasteiger partial charge in [0.2, 0.25) is 0 Å². The fourth-order valence-corrected chi connectivity index (χ4v) is 2.36. The van der Waals surface area contributed by atoms with E-state index in [-0.39, 0.29) is 11.3 Å². The molecule has 0 saturated carbocycles. The summed E-state index contributed by atoms with van der Waals surface area (Å²) in [4.78, 5) is 15.8. The Bertz CT molecular complexity index is 972. The van der Waals surface area contributed by atoms with E-state index in [1.807, 2.05) is 5.32 Å². The van der Waals surface area contributed by atoms with Gasteiger partial charge in [0.25, 0.3) is 5.91 Å². The van der Waals surface area contributed by atoms with E-state index >= 15 is 0 Å². The van der Waals surface area contributed by atoms with Crippen LogP contribution in [0.15, 0.2) is 53.3 Å². The maximum absolute atomic E-state index is 13.5. The number of para-hydroxylation sites is 1. The molecule has 0 radical (unpaired) electrons. The van der Waals surface area contributed by atoms with Gasteiger partial charge in [-0.2, -0.15) is 13.2 Å². The van der Waals surface area contributed by atoms with Crippen molar-refractivity contribution in [1.82, 2.24) is 15.5 Å². The van der Waals surface area contributed by atoms with Crippen LogP contribution in [0, 0.1) is 11.6 Å². The van der Waals surface area contributed by atoms with Crippen LogP contribution >= 0.6 is 0 Å². The molecular weight excluding hydrogens is 401 g/mol. The fraction of sp³-hybridized carbons (Fsp3) is 0.167. The maximum Gasteiger partial charge on any atom is 0.412 e. The van der Waals surface area contributed by atoms with Gasteiger partial charge in [-0.15, -0.1) is 0 Å². The molecule has 2 heterocycles. The molecule has 0 saturated heterocycles. The van der Waals surface area contributed by atoms with Gasteiger partial charge in [-0.3, -0.25) is 9.78 Å². The number of aromatic nitrogens is 2. The lowest BCUT2D eigenvalue weighted by Gasteiger charge is -2.21. The van der Waals surface area contributed by atoms with Gasteiger partial charge < -0.3 is 14.6 Å². The largest absolute Gasteiger partial charge is 0.479 e. The zero-order valence-corrected chi connectivity index (χ0v) is 14.4. The van der Waals surface area contributed by atoms with Crippen LogP contribution < -0.4 is 10.1 Å². The molecule has 0 unspecified atom stereocenters. The van der Waals surface area contributed by atoms with Crippen LogP contribution in [0.2, 0.25) is 0 Å². The number of alkyl halides is 3. The molecule has 2 aromatic heterocycles. The number of halogens is 5. The molecule has 1 amide bonds. The summed E-state index contributed by atoms with van der Waals surface area (Å²) in [5.41, 5.74) is -0.730. The van der Waals surface area contributed by atoms with Crippen LogP contribution in [0.3, 0.4) is 0 Å². The van der Waals surface area contributed by atoms with Crippen molar-refractivity contribution in [1.29, 1.82) is 0 Å². The maximum atomic E-state index is 13.5. The van der Waals surface area contributed by atoms with Crippen molar-refractivity contribution < 1.29 is 36.0 Å². The third-order valence-corrected chi connectivity index (χ3v) is 3.69. The molecule has 3 rings (SSSR count). The highest BCUT2D eigenvalue weighted by molar-refractivity contribution is 5.92. The third kappa shape index (κ3) is 4.86. The fourth-order valence-electron chi connectivity index (χ4n) is 2.36. The Hall–Kier alpha value is -3.50. The Labute approximate surface area is 160 Å². The highest BCUT2D eigenvalue weighted by Crippen LogP contribution is 2.32. The number of nitrogens with zero attached hydrogens (tertiary/aromatic N) is 2. The molecule has 1 N–H and O–H groups in total. The zero-order valence-electron chi connectivity index (χ0n) is 14.4. The Morgan fingerprint density at radius 3 is 2.52 bits per heavy atom. The number of rotatable bonds is 6. The lowest BCUT2D eigenvalue weighted by molar-refractivity contribution is -0.155. The number of hydrogen-bond donors (Lipinski definition) is 1. The lowest BCUT2D eigenvalue weighted by atomic mass is 10.1. The van der Waals surface area contributed by atoms with Crippen molar-refractivity contribution in [2.24, 2.45) is 0 Å². The standard InChI is InChI=1S/C18H12F5N3O3/c19-12-4-1-5-13(20)15(12)28-9-11-7-14(26-29-11)17(27)25-16(18(21,22)23)10-3-2-6-24-8-10/h1-8,16H,9H2,(H,25,27)/t16-/m0/s1. The lowest BCUT2D eigenvalue weighted by Crippen LogP contribution is -2.38. The summed E-state index contributed by atoms with van der Waals surface area (Å²) in [7, 11) is 0. The molecule has 6 nitrogen and oxygen atoms in total. The van der Waals surface area contributed by atoms with E-state index < -0.39 is 47.8 Å². The van der Waals surface area contributed by atoms with Gasteiger partial charge in [-0.1, -0.05) is 17.3 Å². The Morgan fingerprint density at radius 2 is 1.90 bits per heavy atom. The monoisotopic (exact) mass is 413 g/mol. The van der Waals surface area contributed by atoms with Gasteiger partial charge in [0, 0.05) is 24.0 Å². The molecule has 1 aromatic carbocycles. The number of carbonyl (C=O) groups is 1. The average Bonchev–Trinajstić information content (AvgIpc) is 3.14. The van der Waals surface area contributed by atoms with Gasteiger partial charge in [0.15, 0.2) is 34.9 Å². The Morgan fingerprint density at radius 1 is 1.17 bits per heavy atom. The molecule has 0 fully saturated rings. The number of hydrogen-bond acceptors (Lipinski definition) is 5. The molecule has 0 spiro atoms. The second kappa shape index (κ2) is 8.25. The molecule has 152 valence electrons. The second-order valence-corrected chi connectivity index (χ2v) is 5.75. The van der Waals surface area contributed by atoms with Crippen LogP contribution in [0.1, 0.15) is 27.9 Å². The summed E-state index contributed by atoms with van der Waals surface area (Å²) < 4.78 is 76.6. The number of carbonyl (C=O) groups excluding carboxylic acids is 1. The van der Waals surface area contributed by atoms with Crippen molar-refractivity contribution in [2.75, 3.05) is 0 Å². The summed E-state index contributed by atoms with van der Waals surface area (Å²) >= 11 is 0. The van der Waals surface area contributed by atoms with Crippen LogP contribution in [-0.4, -0.2) is 22.2 Å². The van der Waals surface area contributed by atoms with Crippen LogP contribution in [0.4, 0.5) is 22.0 Å². The number of benzene rings is 1. The molecule has 0 bridgehead atoms. The Kier molecular flexibility index (Phi) is 5.76. The number of ether oxygens (including phenoxy) is 1. The van der Waals surface area contributed by atoms with Gasteiger partial charge >= 0.3 is 6.18 Å². The van der Waals surface area contributed by atoms with Crippen molar-refractivity contribution in [2.45, 2.75) is 18.8 Å². The minimum Gasteiger partial charge on any atom is -0.479 e. The minimum atomic E-state index is -4.78. The van der Waals surface area contributed by atoms with Gasteiger partial charge in [0.05, 0.1) is 0 Å². The number of nitrogens with one attached hydrogen (secondary N) is 1. The van der Waals surface area contributed by atoms with E-state index in [9.17, 15) is 26.7 Å². The SMILES string of the molecule is O=C(N[C@@H](c1cccnc1)C(F)(F)F)c1cc(COc2c(F)cccc2F)on1. The number of pyridine rings is 1. The summed E-state index contributed by atoms with van der Waals surface area (Å²) in [6.07, 6.45) is -2.51. The van der Waals surface area contributed by atoms with E-state index in [2.05, 4.69) is 10.1 Å². The summed E-state index contributed by atoms with van der Waals surface area (Å²) in [5, 5.41) is 5.17. The number of amides is 1. The smallest absolute Gasteiger partial charge is 0.412 e. The first-order valence-electron chi connectivity index (χ1n) is 8.05. The van der Waals surface area contributed by atoms with Crippen molar-refractivity contribution in [3.8, 4) is 5.75 Å². The van der Waals surface area contributed by atoms with Crippen molar-refractivity contribution in [3.05, 3.63) is 77.4 Å². The zero-order chi connectivity index (χ0) is 21.0. The van der Waals surface area contributed by atoms with Crippen LogP contribution in [-0.2, 0) is 6.61 Å². The molecule has 0 aliphatic carbocycles. The van der Waals surface area contributed by atoms with Crippen LogP contribution in [0.25, 0.3) is 0 Å². The first kappa shape index (κ1) is 20.2. The first-order valence-corrected chi connectivity index (χ1v) is 8.05. The molecule has 11 heteroatoms. The quantitative estimate of drug-likeness (QED) is 0.619. The van der Waals surface area contributed by atoms with E-state index in [0.717, 1.165) is 36.5 Å². The van der Waals surface area contributed by atoms with Gasteiger partial charge in [0.1, 0.15) is 6.61 Å². The highest BCUT2D eigenvalue weighted by atomic mass is 19.4. The van der Waals surface area contributed by atoms with Gasteiger partial charge in [-0.25, -0.2) is 8.78 Å².